The minimum Gasteiger partial charge on any atom is -0.255 e. The summed E-state index contributed by atoms with van der Waals surface area (Å²) in [5.41, 5.74) is 14.1. The summed E-state index contributed by atoms with van der Waals surface area (Å²) in [6.45, 7) is 0. The first-order valence-corrected chi connectivity index (χ1v) is 18.8. The van der Waals surface area contributed by atoms with Crippen LogP contribution in [0.1, 0.15) is 0 Å². The molecule has 0 atom stereocenters. The van der Waals surface area contributed by atoms with Crippen molar-refractivity contribution < 1.29 is 0 Å². The summed E-state index contributed by atoms with van der Waals surface area (Å²) in [5, 5.41) is 4.77. The highest BCUT2D eigenvalue weighted by Gasteiger charge is 2.31. The van der Waals surface area contributed by atoms with E-state index in [4.69, 9.17) is 19.9 Å². The lowest BCUT2D eigenvalue weighted by Crippen LogP contribution is -2.01. The van der Waals surface area contributed by atoms with E-state index < -0.39 is 0 Å². The summed E-state index contributed by atoms with van der Waals surface area (Å²) in [6.07, 6.45) is 3.60. The summed E-state index contributed by atoms with van der Waals surface area (Å²) in [4.78, 5) is 24.6. The predicted octanol–water partition coefficient (Wildman–Crippen LogP) is 12.6. The van der Waals surface area contributed by atoms with E-state index in [-0.39, 0.29) is 0 Å². The Labute approximate surface area is 323 Å². The Morgan fingerprint density at radius 3 is 1.41 bits per heavy atom. The molecule has 3 aromatic heterocycles. The molecule has 0 unspecified atom stereocenters. The van der Waals surface area contributed by atoms with Crippen LogP contribution in [0.3, 0.4) is 0 Å². The van der Waals surface area contributed by atoms with Gasteiger partial charge in [0.1, 0.15) is 0 Å². The molecule has 0 saturated heterocycles. The molecule has 0 spiro atoms. The molecule has 5 nitrogen and oxygen atoms in total. The van der Waals surface area contributed by atoms with Crippen molar-refractivity contribution in [3.8, 4) is 90.1 Å². The molecule has 7 aromatic carbocycles. The molecule has 0 amide bonds. The number of rotatable bonds is 6. The fourth-order valence-electron chi connectivity index (χ4n) is 8.34. The van der Waals surface area contributed by atoms with Crippen LogP contribution in [0.5, 0.6) is 0 Å². The highest BCUT2D eigenvalue weighted by atomic mass is 15.0. The first-order chi connectivity index (χ1) is 27.8. The van der Waals surface area contributed by atoms with Gasteiger partial charge in [-0.1, -0.05) is 146 Å². The second kappa shape index (κ2) is 13.0. The van der Waals surface area contributed by atoms with Crippen LogP contribution in [0.2, 0.25) is 0 Å². The van der Waals surface area contributed by atoms with Gasteiger partial charge in [-0.05, 0) is 96.4 Å². The molecular formula is C51H31N5. The third-order valence-corrected chi connectivity index (χ3v) is 10.8. The molecule has 0 saturated carbocycles. The van der Waals surface area contributed by atoms with Crippen LogP contribution < -0.4 is 0 Å². The largest absolute Gasteiger partial charge is 0.255 e. The minimum absolute atomic E-state index is 0.560. The normalized spacial score (nSPS) is 11.6. The van der Waals surface area contributed by atoms with Crippen LogP contribution in [-0.2, 0) is 0 Å². The van der Waals surface area contributed by atoms with Crippen LogP contribution in [0.25, 0.3) is 112 Å². The lowest BCUT2D eigenvalue weighted by Gasteiger charge is -2.20. The van der Waals surface area contributed by atoms with E-state index in [2.05, 4.69) is 120 Å². The van der Waals surface area contributed by atoms with Crippen LogP contribution in [0.15, 0.2) is 188 Å². The fourth-order valence-corrected chi connectivity index (χ4v) is 8.34. The number of hydrogen-bond donors (Lipinski definition) is 0. The molecule has 0 radical (unpaired) electrons. The smallest absolute Gasteiger partial charge is 0.165 e. The lowest BCUT2D eigenvalue weighted by atomic mass is 9.82. The van der Waals surface area contributed by atoms with Gasteiger partial charge in [-0.3, -0.25) is 9.97 Å². The van der Waals surface area contributed by atoms with Crippen LogP contribution in [-0.4, -0.2) is 24.9 Å². The average molecular weight is 714 g/mol. The Balaban J connectivity index is 1.17. The Kier molecular flexibility index (Phi) is 7.42. The Bertz CT molecular complexity index is 3000. The lowest BCUT2D eigenvalue weighted by molar-refractivity contribution is 1.07. The predicted molar refractivity (Wildman–Crippen MR) is 227 cm³/mol. The van der Waals surface area contributed by atoms with Crippen molar-refractivity contribution in [2.45, 2.75) is 0 Å². The van der Waals surface area contributed by atoms with E-state index in [1.165, 1.54) is 60.7 Å². The van der Waals surface area contributed by atoms with E-state index in [0.29, 0.717) is 17.5 Å². The first kappa shape index (κ1) is 31.9. The van der Waals surface area contributed by atoms with Gasteiger partial charge in [0.2, 0.25) is 0 Å². The second-order valence-electron chi connectivity index (χ2n) is 14.0. The van der Waals surface area contributed by atoms with Crippen LogP contribution >= 0.6 is 0 Å². The number of nitrogens with zero attached hydrogens (tertiary/aromatic N) is 5. The van der Waals surface area contributed by atoms with Crippen molar-refractivity contribution in [1.82, 2.24) is 24.9 Å². The number of benzene rings is 7. The van der Waals surface area contributed by atoms with Crippen LogP contribution in [0.4, 0.5) is 0 Å². The Hall–Kier alpha value is -7.63. The van der Waals surface area contributed by atoms with E-state index in [1.54, 1.807) is 6.20 Å². The van der Waals surface area contributed by atoms with Crippen molar-refractivity contribution in [1.29, 1.82) is 0 Å². The fraction of sp³-hybridized carbons (Fsp3) is 0. The monoisotopic (exact) mass is 713 g/mol. The van der Waals surface area contributed by atoms with Gasteiger partial charge in [-0.2, -0.15) is 0 Å². The van der Waals surface area contributed by atoms with Gasteiger partial charge in [-0.15, -0.1) is 0 Å². The van der Waals surface area contributed by atoms with Crippen molar-refractivity contribution in [2.75, 3.05) is 0 Å². The molecular weight excluding hydrogens is 683 g/mol. The third kappa shape index (κ3) is 5.13. The maximum atomic E-state index is 5.18. The molecule has 10 aromatic rings. The quantitative estimate of drug-likeness (QED) is 0.172. The van der Waals surface area contributed by atoms with Crippen LogP contribution in [0, 0.1) is 0 Å². The van der Waals surface area contributed by atoms with Gasteiger partial charge >= 0.3 is 0 Å². The van der Waals surface area contributed by atoms with Gasteiger partial charge in [0.25, 0.3) is 0 Å². The van der Waals surface area contributed by atoms with Crippen molar-refractivity contribution in [2.24, 2.45) is 0 Å². The maximum absolute atomic E-state index is 5.18. The number of fused-ring (bicyclic) bond motifs is 4. The zero-order valence-electron chi connectivity index (χ0n) is 30.1. The summed E-state index contributed by atoms with van der Waals surface area (Å²) < 4.78 is 0. The van der Waals surface area contributed by atoms with Crippen molar-refractivity contribution in [3.05, 3.63) is 188 Å². The molecule has 0 N–H and O–H groups in total. The molecule has 1 aliphatic carbocycles. The molecule has 0 aliphatic heterocycles. The molecule has 260 valence electrons. The zero-order chi connectivity index (χ0) is 37.0. The number of pyridine rings is 2. The number of hydrogen-bond acceptors (Lipinski definition) is 5. The van der Waals surface area contributed by atoms with E-state index in [9.17, 15) is 0 Å². The highest BCUT2D eigenvalue weighted by molar-refractivity contribution is 6.28. The van der Waals surface area contributed by atoms with Gasteiger partial charge < -0.3 is 0 Å². The van der Waals surface area contributed by atoms with Gasteiger partial charge in [0.05, 0.1) is 11.4 Å². The summed E-state index contributed by atoms with van der Waals surface area (Å²) >= 11 is 0. The molecule has 3 heterocycles. The van der Waals surface area contributed by atoms with E-state index >= 15 is 0 Å². The molecule has 0 fully saturated rings. The van der Waals surface area contributed by atoms with E-state index in [0.717, 1.165) is 33.5 Å². The molecule has 56 heavy (non-hydrogen) atoms. The Morgan fingerprint density at radius 2 is 0.804 bits per heavy atom. The first-order valence-electron chi connectivity index (χ1n) is 18.8. The Morgan fingerprint density at radius 1 is 0.286 bits per heavy atom. The SMILES string of the molecule is c1ccc(-c2nc(-c3ccc(-c4ccccn4)nc3)nc(-c3ccc4c5c(cccc35)-c3c-4c(-c4ccccc4)c4ccccc4c3-c3ccccc3)n2)cc1. The number of aromatic nitrogens is 5. The summed E-state index contributed by atoms with van der Waals surface area (Å²) in [5.74, 6) is 1.78. The van der Waals surface area contributed by atoms with Crippen molar-refractivity contribution in [3.63, 3.8) is 0 Å². The maximum Gasteiger partial charge on any atom is 0.165 e. The minimum atomic E-state index is 0.560. The molecule has 0 bridgehead atoms. The topological polar surface area (TPSA) is 64.5 Å². The second-order valence-corrected chi connectivity index (χ2v) is 14.0. The summed E-state index contributed by atoms with van der Waals surface area (Å²) in [6, 6.07) is 61.5. The van der Waals surface area contributed by atoms with Gasteiger partial charge in [-0.25, -0.2) is 15.0 Å². The summed E-state index contributed by atoms with van der Waals surface area (Å²) in [7, 11) is 0. The average Bonchev–Trinajstić information content (AvgIpc) is 3.61. The zero-order valence-corrected chi connectivity index (χ0v) is 30.1. The van der Waals surface area contributed by atoms with E-state index in [1.807, 2.05) is 66.9 Å². The van der Waals surface area contributed by atoms with Crippen molar-refractivity contribution >= 4 is 21.5 Å². The molecule has 1 aliphatic rings. The third-order valence-electron chi connectivity index (χ3n) is 10.8. The standard InChI is InChI=1S/C51H31N5/c1-4-15-32(16-5-1)44-36-21-10-11-22-37(36)45(33-17-6-2-7-18-33)48-41-28-27-39(38-23-14-24-40(46(38)41)47(44)48)51-55-49(34-19-8-3-9-20-34)54-50(56-51)35-26-29-43(53-31-35)42-25-12-13-30-52-42/h1-31H. The highest BCUT2D eigenvalue weighted by Crippen LogP contribution is 2.58. The molecule has 11 rings (SSSR count). The molecule has 5 heteroatoms. The van der Waals surface area contributed by atoms with Gasteiger partial charge in [0, 0.05) is 29.1 Å². The van der Waals surface area contributed by atoms with Gasteiger partial charge in [0.15, 0.2) is 17.5 Å².